The van der Waals surface area contributed by atoms with Gasteiger partial charge in [0, 0.05) is 25.7 Å². The van der Waals surface area contributed by atoms with Crippen LogP contribution in [0.5, 0.6) is 0 Å². The van der Waals surface area contributed by atoms with Crippen LogP contribution in [-0.2, 0) is 41.6 Å². The van der Waals surface area contributed by atoms with Crippen molar-refractivity contribution in [3.05, 3.63) is 71.8 Å². The molecular weight excluding hydrogens is 494 g/mol. The zero-order chi connectivity index (χ0) is 27.7. The van der Waals surface area contributed by atoms with E-state index in [1.807, 2.05) is 0 Å². The first-order valence-electron chi connectivity index (χ1n) is 12.1. The first-order chi connectivity index (χ1) is 18.1. The van der Waals surface area contributed by atoms with Crippen molar-refractivity contribution in [2.45, 2.75) is 50.2 Å². The van der Waals surface area contributed by atoms with Gasteiger partial charge in [-0.25, -0.2) is 9.59 Å². The highest BCUT2D eigenvalue weighted by molar-refractivity contribution is 6.01. The lowest BCUT2D eigenvalue weighted by Crippen LogP contribution is -2.54. The summed E-state index contributed by atoms with van der Waals surface area (Å²) in [4.78, 5) is 73.3. The van der Waals surface area contributed by atoms with E-state index in [1.165, 1.54) is 0 Å². The first kappa shape index (κ1) is 28.0. The van der Waals surface area contributed by atoms with E-state index in [1.54, 1.807) is 60.7 Å². The number of carbonyl (C=O) groups excluding carboxylic acids is 4. The number of hydrogen-bond acceptors (Lipinski definition) is 6. The van der Waals surface area contributed by atoms with Crippen LogP contribution in [0, 0.1) is 5.92 Å². The molecule has 0 aliphatic carbocycles. The number of Topliss-reactive ketones (excluding diaryl/α,β-unsaturated/α-hetero) is 1. The summed E-state index contributed by atoms with van der Waals surface area (Å²) < 4.78 is 0. The molecule has 2 aromatic carbocycles. The largest absolute Gasteiger partial charge is 0.480 e. The molecule has 0 bridgehead atoms. The number of nitrogens with one attached hydrogen (secondary N) is 3. The van der Waals surface area contributed by atoms with E-state index in [0.29, 0.717) is 11.1 Å². The minimum Gasteiger partial charge on any atom is -0.480 e. The van der Waals surface area contributed by atoms with E-state index in [9.17, 15) is 39.0 Å². The fourth-order valence-corrected chi connectivity index (χ4v) is 4.19. The summed E-state index contributed by atoms with van der Waals surface area (Å²) in [6, 6.07) is 13.9. The molecule has 1 aliphatic heterocycles. The number of hydrogen-bond donors (Lipinski definition) is 5. The van der Waals surface area contributed by atoms with Crippen molar-refractivity contribution in [1.82, 2.24) is 16.0 Å². The second kappa shape index (κ2) is 13.1. The summed E-state index contributed by atoms with van der Waals surface area (Å²) in [5.74, 6) is -5.99. The minimum atomic E-state index is -1.24. The zero-order valence-corrected chi connectivity index (χ0v) is 20.5. The van der Waals surface area contributed by atoms with Crippen molar-refractivity contribution in [2.24, 2.45) is 5.92 Å². The number of rotatable bonds is 12. The van der Waals surface area contributed by atoms with Gasteiger partial charge in [0.1, 0.15) is 12.1 Å². The van der Waals surface area contributed by atoms with Crippen LogP contribution in [0.25, 0.3) is 0 Å². The van der Waals surface area contributed by atoms with Crippen molar-refractivity contribution in [1.29, 1.82) is 0 Å². The third kappa shape index (κ3) is 8.26. The predicted molar refractivity (Wildman–Crippen MR) is 134 cm³/mol. The number of carboxylic acids is 2. The normalized spacial score (nSPS) is 18.5. The van der Waals surface area contributed by atoms with Crippen LogP contribution in [0.4, 0.5) is 0 Å². The van der Waals surface area contributed by atoms with Gasteiger partial charge in [-0.1, -0.05) is 60.7 Å². The van der Waals surface area contributed by atoms with E-state index in [0.717, 1.165) is 0 Å². The molecule has 4 atom stereocenters. The number of carbonyl (C=O) groups is 6. The molecule has 0 saturated carbocycles. The predicted octanol–water partition coefficient (Wildman–Crippen LogP) is 0.465. The van der Waals surface area contributed by atoms with Gasteiger partial charge in [0.15, 0.2) is 5.78 Å². The van der Waals surface area contributed by atoms with Crippen LogP contribution in [-0.4, -0.2) is 63.8 Å². The monoisotopic (exact) mass is 523 g/mol. The lowest BCUT2D eigenvalue weighted by molar-refractivity contribution is -0.144. The van der Waals surface area contributed by atoms with Gasteiger partial charge in [-0.05, 0) is 11.1 Å². The van der Waals surface area contributed by atoms with Crippen LogP contribution in [0.3, 0.4) is 0 Å². The third-order valence-corrected chi connectivity index (χ3v) is 6.18. The maximum atomic E-state index is 12.6. The highest BCUT2D eigenvalue weighted by atomic mass is 16.4. The SMILES string of the molecule is O=C(C[C@@H]1CC(=O)[C@H](CC(=O)N[C@@H](Cc2ccccc2)C(=O)O)NC1=O)N[C@@H](Cc1ccccc1)C(=O)O. The number of benzene rings is 2. The number of ketones is 1. The Kier molecular flexibility index (Phi) is 9.69. The van der Waals surface area contributed by atoms with Crippen molar-refractivity contribution in [3.63, 3.8) is 0 Å². The van der Waals surface area contributed by atoms with Crippen LogP contribution in [0.2, 0.25) is 0 Å². The topological polar surface area (TPSA) is 179 Å². The molecule has 3 amide bonds. The smallest absolute Gasteiger partial charge is 0.326 e. The Morgan fingerprint density at radius 3 is 1.66 bits per heavy atom. The molecule has 11 nitrogen and oxygen atoms in total. The van der Waals surface area contributed by atoms with Crippen LogP contribution < -0.4 is 16.0 Å². The van der Waals surface area contributed by atoms with Gasteiger partial charge in [-0.3, -0.25) is 19.2 Å². The fraction of sp³-hybridized carbons (Fsp3) is 0.333. The zero-order valence-electron chi connectivity index (χ0n) is 20.5. The van der Waals surface area contributed by atoms with E-state index >= 15 is 0 Å². The molecule has 3 rings (SSSR count). The molecule has 5 N–H and O–H groups in total. The quantitative estimate of drug-likeness (QED) is 0.266. The maximum Gasteiger partial charge on any atom is 0.326 e. The average molecular weight is 524 g/mol. The Bertz CT molecular complexity index is 1090. The van der Waals surface area contributed by atoms with Gasteiger partial charge in [0.05, 0.1) is 18.4 Å². The Labute approximate surface area is 218 Å². The number of carboxylic acid groups (broad SMARTS) is 2. The summed E-state index contributed by atoms with van der Waals surface area (Å²) in [5, 5.41) is 26.1. The van der Waals surface area contributed by atoms with Crippen LogP contribution >= 0.6 is 0 Å². The summed E-state index contributed by atoms with van der Waals surface area (Å²) in [5.41, 5.74) is 1.41. The second-order valence-electron chi connectivity index (χ2n) is 9.13. The Hall–Kier alpha value is -4.54. The standard InChI is InChI=1S/C27H29N3O8/c31-22-13-18(14-23(32)28-20(26(35)36)11-16-7-3-1-4-8-16)25(34)30-19(22)15-24(33)29-21(27(37)38)12-17-9-5-2-6-10-17/h1-10,18-21H,11-15H2,(H,28,32)(H,29,33)(H,30,34)(H,35,36)(H,37,38)/t18-,19-,20-,21-/m0/s1. The van der Waals surface area contributed by atoms with Gasteiger partial charge < -0.3 is 26.2 Å². The van der Waals surface area contributed by atoms with Gasteiger partial charge in [0.2, 0.25) is 17.7 Å². The molecule has 1 aliphatic rings. The maximum absolute atomic E-state index is 12.6. The number of amides is 3. The molecular formula is C27H29N3O8. The lowest BCUT2D eigenvalue weighted by atomic mass is 9.88. The minimum absolute atomic E-state index is 0.0473. The Balaban J connectivity index is 1.51. The molecule has 200 valence electrons. The molecule has 1 saturated heterocycles. The Morgan fingerprint density at radius 2 is 1.21 bits per heavy atom. The van der Waals surface area contributed by atoms with E-state index in [4.69, 9.17) is 0 Å². The molecule has 1 heterocycles. The molecule has 0 unspecified atom stereocenters. The highest BCUT2D eigenvalue weighted by Gasteiger charge is 2.37. The van der Waals surface area contributed by atoms with Gasteiger partial charge in [-0.2, -0.15) is 0 Å². The van der Waals surface area contributed by atoms with Crippen molar-refractivity contribution in [2.75, 3.05) is 0 Å². The van der Waals surface area contributed by atoms with E-state index in [2.05, 4.69) is 16.0 Å². The van der Waals surface area contributed by atoms with Crippen molar-refractivity contribution in [3.8, 4) is 0 Å². The Morgan fingerprint density at radius 1 is 0.763 bits per heavy atom. The molecule has 0 radical (unpaired) electrons. The van der Waals surface area contributed by atoms with Gasteiger partial charge >= 0.3 is 11.9 Å². The number of aliphatic carboxylic acids is 2. The fourth-order valence-electron chi connectivity index (χ4n) is 4.19. The first-order valence-corrected chi connectivity index (χ1v) is 12.1. The molecule has 0 spiro atoms. The van der Waals surface area contributed by atoms with Crippen molar-refractivity contribution >= 4 is 35.4 Å². The van der Waals surface area contributed by atoms with E-state index in [-0.39, 0.29) is 19.3 Å². The van der Waals surface area contributed by atoms with Crippen LogP contribution in [0.15, 0.2) is 60.7 Å². The molecule has 0 aromatic heterocycles. The summed E-state index contributed by atoms with van der Waals surface area (Å²) in [7, 11) is 0. The summed E-state index contributed by atoms with van der Waals surface area (Å²) >= 11 is 0. The molecule has 11 heteroatoms. The highest BCUT2D eigenvalue weighted by Crippen LogP contribution is 2.18. The summed E-state index contributed by atoms with van der Waals surface area (Å²) in [6.45, 7) is 0. The lowest BCUT2D eigenvalue weighted by Gasteiger charge is -2.28. The van der Waals surface area contributed by atoms with E-state index < -0.39 is 72.3 Å². The van der Waals surface area contributed by atoms with Gasteiger partial charge in [-0.15, -0.1) is 0 Å². The van der Waals surface area contributed by atoms with Crippen LogP contribution in [0.1, 0.15) is 30.4 Å². The molecule has 38 heavy (non-hydrogen) atoms. The second-order valence-corrected chi connectivity index (χ2v) is 9.13. The average Bonchev–Trinajstić information content (AvgIpc) is 2.87. The molecule has 2 aromatic rings. The summed E-state index contributed by atoms with van der Waals surface area (Å²) in [6.07, 6.45) is -1.05. The third-order valence-electron chi connectivity index (χ3n) is 6.18. The van der Waals surface area contributed by atoms with Gasteiger partial charge in [0.25, 0.3) is 0 Å². The van der Waals surface area contributed by atoms with Crippen molar-refractivity contribution < 1.29 is 39.0 Å². The molecule has 1 fully saturated rings. The number of piperidine rings is 1.